The van der Waals surface area contributed by atoms with Crippen molar-refractivity contribution in [1.29, 1.82) is 0 Å². The molecule has 4 rings (SSSR count). The Morgan fingerprint density at radius 1 is 1.00 bits per heavy atom. The third kappa shape index (κ3) is 4.76. The summed E-state index contributed by atoms with van der Waals surface area (Å²) in [7, 11) is 2.02. The van der Waals surface area contributed by atoms with E-state index in [2.05, 4.69) is 61.1 Å². The van der Waals surface area contributed by atoms with Gasteiger partial charge in [0.05, 0.1) is 10.2 Å². The van der Waals surface area contributed by atoms with Crippen molar-refractivity contribution in [1.82, 2.24) is 4.90 Å². The second kappa shape index (κ2) is 9.31. The Bertz CT molecular complexity index is 1140. The van der Waals surface area contributed by atoms with Gasteiger partial charge in [0.2, 0.25) is 0 Å². The van der Waals surface area contributed by atoms with Crippen molar-refractivity contribution in [3.05, 3.63) is 43.8 Å². The maximum Gasteiger partial charge on any atom is 0.175 e. The van der Waals surface area contributed by atoms with Crippen LogP contribution in [0.25, 0.3) is 0 Å². The lowest BCUT2D eigenvalue weighted by atomic mass is 9.64. The van der Waals surface area contributed by atoms with Crippen LogP contribution in [-0.2, 0) is 9.59 Å². The molecule has 1 aromatic rings. The molecule has 0 saturated carbocycles. The van der Waals surface area contributed by atoms with E-state index in [1.165, 1.54) is 0 Å². The zero-order valence-electron chi connectivity index (χ0n) is 21.5. The summed E-state index contributed by atoms with van der Waals surface area (Å²) < 4.78 is 12.6. The van der Waals surface area contributed by atoms with Gasteiger partial charge in [0, 0.05) is 48.3 Å². The zero-order valence-corrected chi connectivity index (χ0v) is 23.7. The number of allylic oxidation sites excluding steroid dienone is 4. The summed E-state index contributed by atoms with van der Waals surface area (Å²) in [6.45, 7) is 11.1. The predicted octanol–water partition coefficient (Wildman–Crippen LogP) is 6.02. The molecule has 0 saturated heterocycles. The molecule has 0 atom stereocenters. The average molecular weight is 587 g/mol. The number of hydrogen-bond acceptors (Lipinski definition) is 5. The molecule has 6 heteroatoms. The number of hydrogen-bond donors (Lipinski definition) is 0. The van der Waals surface area contributed by atoms with E-state index in [-0.39, 0.29) is 29.0 Å². The highest BCUT2D eigenvalue weighted by atomic mass is 127. The van der Waals surface area contributed by atoms with E-state index in [9.17, 15) is 9.59 Å². The predicted molar refractivity (Wildman–Crippen MR) is 145 cm³/mol. The molecule has 1 heterocycles. The number of rotatable bonds is 5. The number of carbonyl (C=O) groups excluding carboxylic acids is 2. The van der Waals surface area contributed by atoms with Crippen LogP contribution >= 0.6 is 22.6 Å². The highest BCUT2D eigenvalue weighted by Crippen LogP contribution is 2.54. The summed E-state index contributed by atoms with van der Waals surface area (Å²) in [5.41, 5.74) is 4.24. The smallest absolute Gasteiger partial charge is 0.175 e. The van der Waals surface area contributed by atoms with Gasteiger partial charge in [-0.05, 0) is 70.9 Å². The Morgan fingerprint density at radius 2 is 1.54 bits per heavy atom. The lowest BCUT2D eigenvalue weighted by Gasteiger charge is -2.48. The topological polar surface area (TPSA) is 55.8 Å². The van der Waals surface area contributed by atoms with Crippen molar-refractivity contribution in [2.75, 3.05) is 20.3 Å². The second-order valence-electron chi connectivity index (χ2n) is 11.4. The fourth-order valence-electron chi connectivity index (χ4n) is 5.77. The van der Waals surface area contributed by atoms with Gasteiger partial charge >= 0.3 is 0 Å². The van der Waals surface area contributed by atoms with Crippen LogP contribution in [0.15, 0.2) is 34.7 Å². The van der Waals surface area contributed by atoms with Gasteiger partial charge in [-0.2, -0.15) is 0 Å². The van der Waals surface area contributed by atoms with Gasteiger partial charge in [0.15, 0.2) is 23.1 Å². The summed E-state index contributed by atoms with van der Waals surface area (Å²) in [5, 5.41) is 0. The van der Waals surface area contributed by atoms with Gasteiger partial charge in [-0.3, -0.25) is 9.59 Å². The first-order valence-corrected chi connectivity index (χ1v) is 13.3. The molecular formula is C29H34INO4. The number of benzene rings is 1. The minimum Gasteiger partial charge on any atom is -0.490 e. The molecule has 3 aliphatic rings. The number of carbonyl (C=O) groups is 2. The Labute approximate surface area is 222 Å². The molecule has 5 nitrogen and oxygen atoms in total. The van der Waals surface area contributed by atoms with E-state index in [1.54, 1.807) is 0 Å². The molecule has 35 heavy (non-hydrogen) atoms. The van der Waals surface area contributed by atoms with Crippen LogP contribution in [0, 0.1) is 26.7 Å². The first-order chi connectivity index (χ1) is 16.4. The van der Waals surface area contributed by atoms with Crippen molar-refractivity contribution in [3.63, 3.8) is 0 Å². The average Bonchev–Trinajstić information content (AvgIpc) is 2.73. The molecule has 1 aliphatic heterocycles. The number of ketones is 2. The largest absolute Gasteiger partial charge is 0.490 e. The second-order valence-corrected chi connectivity index (χ2v) is 12.5. The van der Waals surface area contributed by atoms with E-state index < -0.39 is 5.92 Å². The zero-order chi connectivity index (χ0) is 25.7. The molecule has 0 aromatic heterocycles. The Balaban J connectivity index is 1.96. The quantitative estimate of drug-likeness (QED) is 0.312. The molecular weight excluding hydrogens is 553 g/mol. The number of ether oxygens (including phenoxy) is 2. The van der Waals surface area contributed by atoms with Crippen molar-refractivity contribution in [3.8, 4) is 23.8 Å². The van der Waals surface area contributed by atoms with Gasteiger partial charge in [0.25, 0.3) is 0 Å². The normalized spacial score (nSPS) is 21.5. The third-order valence-corrected chi connectivity index (χ3v) is 7.95. The van der Waals surface area contributed by atoms with E-state index in [0.717, 1.165) is 44.5 Å². The van der Waals surface area contributed by atoms with Crippen molar-refractivity contribution >= 4 is 34.2 Å². The van der Waals surface area contributed by atoms with Crippen molar-refractivity contribution < 1.29 is 19.1 Å². The SMILES string of the molecule is C#CCOc1c(I)cc(C2C3=C(CC(C)(C)CC3=O)N(C)C3=C2C(=O)CC(C)(C)C3)cc1OCC. The van der Waals surface area contributed by atoms with Gasteiger partial charge in [-0.25, -0.2) is 0 Å². The standard InChI is InChI=1S/C29H34INO4/c1-8-10-35-27-18(30)11-17(12-23(27)34-9-2)24-25-19(13-28(3,4)15-21(25)32)31(7)20-14-29(5,6)16-22(33)26(20)24/h1,11-12,24H,9-10,13-16H2,2-7H3. The highest BCUT2D eigenvalue weighted by molar-refractivity contribution is 14.1. The fourth-order valence-corrected chi connectivity index (χ4v) is 6.55. The molecule has 0 unspecified atom stereocenters. The number of nitrogens with zero attached hydrogens (tertiary/aromatic N) is 1. The van der Waals surface area contributed by atoms with Gasteiger partial charge < -0.3 is 14.4 Å². The molecule has 2 aliphatic carbocycles. The first kappa shape index (κ1) is 25.8. The summed E-state index contributed by atoms with van der Waals surface area (Å²) in [6.07, 6.45) is 7.95. The summed E-state index contributed by atoms with van der Waals surface area (Å²) >= 11 is 2.22. The van der Waals surface area contributed by atoms with Crippen LogP contribution in [0.5, 0.6) is 11.5 Å². The molecule has 0 fully saturated rings. The minimum atomic E-state index is -0.405. The summed E-state index contributed by atoms with van der Waals surface area (Å²) in [5.74, 6) is 3.53. The lowest BCUT2D eigenvalue weighted by molar-refractivity contribution is -0.119. The van der Waals surface area contributed by atoms with Crippen LogP contribution in [0.3, 0.4) is 0 Å². The van der Waals surface area contributed by atoms with Gasteiger partial charge in [0.1, 0.15) is 6.61 Å². The van der Waals surface area contributed by atoms with Crippen molar-refractivity contribution in [2.45, 2.75) is 66.2 Å². The molecule has 1 aromatic carbocycles. The Morgan fingerprint density at radius 3 is 2.03 bits per heavy atom. The van der Waals surface area contributed by atoms with E-state index in [0.29, 0.717) is 30.9 Å². The van der Waals surface area contributed by atoms with E-state index in [1.807, 2.05) is 26.1 Å². The number of terminal acetylenes is 1. The van der Waals surface area contributed by atoms with Gasteiger partial charge in [-0.1, -0.05) is 33.6 Å². The maximum atomic E-state index is 13.7. The lowest BCUT2D eigenvalue weighted by Crippen LogP contribution is -2.43. The van der Waals surface area contributed by atoms with E-state index >= 15 is 0 Å². The third-order valence-electron chi connectivity index (χ3n) is 7.14. The number of halogens is 1. The molecule has 0 bridgehead atoms. The first-order valence-electron chi connectivity index (χ1n) is 12.2. The minimum absolute atomic E-state index is 0.123. The molecule has 0 amide bonds. The van der Waals surface area contributed by atoms with Crippen LogP contribution < -0.4 is 9.47 Å². The Kier molecular flexibility index (Phi) is 6.87. The molecule has 186 valence electrons. The maximum absolute atomic E-state index is 13.7. The van der Waals surface area contributed by atoms with Gasteiger partial charge in [-0.15, -0.1) is 6.42 Å². The molecule has 0 N–H and O–H groups in total. The molecule has 0 spiro atoms. The fraction of sp³-hybridized carbons (Fsp3) is 0.517. The number of Topliss-reactive ketones (excluding diaryl/α,β-unsaturated/α-hetero) is 2. The van der Waals surface area contributed by atoms with Crippen molar-refractivity contribution in [2.24, 2.45) is 10.8 Å². The van der Waals surface area contributed by atoms with Crippen LogP contribution in [0.2, 0.25) is 0 Å². The van der Waals surface area contributed by atoms with Crippen LogP contribution in [0.4, 0.5) is 0 Å². The summed E-state index contributed by atoms with van der Waals surface area (Å²) in [4.78, 5) is 29.5. The van der Waals surface area contributed by atoms with Crippen LogP contribution in [0.1, 0.15) is 71.8 Å². The van der Waals surface area contributed by atoms with Crippen LogP contribution in [-0.4, -0.2) is 36.7 Å². The van der Waals surface area contributed by atoms with E-state index in [4.69, 9.17) is 15.9 Å². The molecule has 0 radical (unpaired) electrons. The monoisotopic (exact) mass is 587 g/mol. The Hall–Kier alpha value is -2.27. The summed E-state index contributed by atoms with van der Waals surface area (Å²) in [6, 6.07) is 3.95. The highest BCUT2D eigenvalue weighted by Gasteiger charge is 2.48.